The highest BCUT2D eigenvalue weighted by Gasteiger charge is 2.30. The molecule has 7 nitrogen and oxygen atoms in total. The Hall–Kier alpha value is -3.43. The van der Waals surface area contributed by atoms with E-state index in [0.29, 0.717) is 35.3 Å². The third-order valence-electron chi connectivity index (χ3n) is 6.10. The third kappa shape index (κ3) is 6.52. The molecule has 0 spiro atoms. The second-order valence-corrected chi connectivity index (χ2v) is 10.9. The zero-order valence-electron chi connectivity index (χ0n) is 20.7. The number of benzene rings is 2. The average Bonchev–Trinajstić information content (AvgIpc) is 3.19. The summed E-state index contributed by atoms with van der Waals surface area (Å²) in [5.41, 5.74) is 1.48. The molecule has 2 heterocycles. The summed E-state index contributed by atoms with van der Waals surface area (Å²) in [5.74, 6) is 5.91. The number of fused-ring (bicyclic) bond motifs is 1. The molecule has 38 heavy (non-hydrogen) atoms. The van der Waals surface area contributed by atoms with Gasteiger partial charge in [0.2, 0.25) is 0 Å². The van der Waals surface area contributed by atoms with Crippen LogP contribution in [0.3, 0.4) is 0 Å². The number of nitrogens with zero attached hydrogens (tertiary/aromatic N) is 1. The monoisotopic (exact) mass is 553 g/mol. The van der Waals surface area contributed by atoms with Crippen molar-refractivity contribution in [3.63, 3.8) is 0 Å². The number of alkyl halides is 4. The van der Waals surface area contributed by atoms with Gasteiger partial charge in [0.1, 0.15) is 18.5 Å². The number of nitrogens with one attached hydrogen (secondary N) is 2. The van der Waals surface area contributed by atoms with Gasteiger partial charge in [0.15, 0.2) is 9.84 Å². The summed E-state index contributed by atoms with van der Waals surface area (Å²) in [6, 6.07) is 10.3. The van der Waals surface area contributed by atoms with Crippen LogP contribution >= 0.6 is 0 Å². The van der Waals surface area contributed by atoms with E-state index in [1.54, 1.807) is 24.3 Å². The standard InChI is InChI=1S/C26H27F4N3O4S/c1-36-25-14-18(38(2,34)35)8-9-23(25)31-11-4-5-17-13-19-21(32-22-10-12-37-15-20(22)27)6-3-7-24(19)33(17)16-26(28,29)30/h3,6-9,13-14,20,22,31-32H,10-12,15-16H2,1-2H3/t20-,22?/m1/s1. The molecule has 0 bridgehead atoms. The molecule has 3 aromatic rings. The molecule has 0 amide bonds. The molecule has 1 aliphatic rings. The van der Waals surface area contributed by atoms with Gasteiger partial charge in [-0.3, -0.25) is 0 Å². The van der Waals surface area contributed by atoms with Gasteiger partial charge in [0, 0.05) is 30.0 Å². The van der Waals surface area contributed by atoms with E-state index in [1.807, 2.05) is 0 Å². The highest BCUT2D eigenvalue weighted by atomic mass is 32.2. The summed E-state index contributed by atoms with van der Waals surface area (Å²) in [4.78, 5) is 0.0897. The van der Waals surface area contributed by atoms with Crippen LogP contribution in [0.4, 0.5) is 28.9 Å². The number of hydrogen-bond donors (Lipinski definition) is 2. The molecular weight excluding hydrogens is 526 g/mol. The molecule has 1 fully saturated rings. The van der Waals surface area contributed by atoms with Gasteiger partial charge in [-0.05, 0) is 42.7 Å². The molecule has 204 valence electrons. The number of aromatic nitrogens is 1. The van der Waals surface area contributed by atoms with Crippen LogP contribution in [0.2, 0.25) is 0 Å². The second kappa shape index (κ2) is 11.1. The lowest BCUT2D eigenvalue weighted by molar-refractivity contribution is -0.140. The Morgan fingerprint density at radius 3 is 2.66 bits per heavy atom. The molecule has 2 aromatic carbocycles. The molecule has 1 saturated heterocycles. The number of halogens is 4. The number of rotatable bonds is 7. The Morgan fingerprint density at radius 1 is 1.18 bits per heavy atom. The predicted octanol–water partition coefficient (Wildman–Crippen LogP) is 4.62. The zero-order valence-corrected chi connectivity index (χ0v) is 21.5. The maximum Gasteiger partial charge on any atom is 0.406 e. The van der Waals surface area contributed by atoms with Gasteiger partial charge in [0.25, 0.3) is 0 Å². The minimum Gasteiger partial charge on any atom is -0.495 e. The molecule has 2 atom stereocenters. The van der Waals surface area contributed by atoms with Gasteiger partial charge >= 0.3 is 6.18 Å². The van der Waals surface area contributed by atoms with Crippen molar-refractivity contribution >= 4 is 32.1 Å². The Balaban J connectivity index is 1.61. The summed E-state index contributed by atoms with van der Waals surface area (Å²) in [5, 5.41) is 6.63. The Labute approximate surface area is 218 Å². The number of sulfone groups is 1. The maximum atomic E-state index is 14.3. The molecule has 0 aliphatic carbocycles. The minimum atomic E-state index is -4.48. The molecule has 4 rings (SSSR count). The molecular formula is C26H27F4N3O4S. The fraction of sp³-hybridized carbons (Fsp3) is 0.385. The van der Waals surface area contributed by atoms with E-state index in [0.717, 1.165) is 10.8 Å². The van der Waals surface area contributed by atoms with E-state index < -0.39 is 34.8 Å². The summed E-state index contributed by atoms with van der Waals surface area (Å²) in [7, 11) is -2.03. The summed E-state index contributed by atoms with van der Waals surface area (Å²) < 4.78 is 89.7. The van der Waals surface area contributed by atoms with Crippen molar-refractivity contribution in [2.24, 2.45) is 0 Å². The van der Waals surface area contributed by atoms with E-state index >= 15 is 0 Å². The number of ether oxygens (including phenoxy) is 2. The lowest BCUT2D eigenvalue weighted by atomic mass is 10.1. The van der Waals surface area contributed by atoms with Crippen LogP contribution in [-0.2, 0) is 21.1 Å². The maximum absolute atomic E-state index is 14.3. The van der Waals surface area contributed by atoms with E-state index in [2.05, 4.69) is 22.5 Å². The molecule has 1 aromatic heterocycles. The van der Waals surface area contributed by atoms with Crippen LogP contribution in [-0.4, -0.2) is 64.5 Å². The summed E-state index contributed by atoms with van der Waals surface area (Å²) >= 11 is 0. The highest BCUT2D eigenvalue weighted by molar-refractivity contribution is 7.90. The lowest BCUT2D eigenvalue weighted by Crippen LogP contribution is -2.39. The van der Waals surface area contributed by atoms with Crippen molar-refractivity contribution in [2.45, 2.75) is 36.3 Å². The number of hydrogen-bond acceptors (Lipinski definition) is 6. The van der Waals surface area contributed by atoms with Crippen molar-refractivity contribution in [3.05, 3.63) is 48.2 Å². The lowest BCUT2D eigenvalue weighted by Gasteiger charge is -2.28. The van der Waals surface area contributed by atoms with Crippen molar-refractivity contribution in [1.82, 2.24) is 4.57 Å². The fourth-order valence-electron chi connectivity index (χ4n) is 4.25. The quantitative estimate of drug-likeness (QED) is 0.329. The second-order valence-electron chi connectivity index (χ2n) is 8.89. The van der Waals surface area contributed by atoms with E-state index in [9.17, 15) is 26.0 Å². The van der Waals surface area contributed by atoms with Crippen molar-refractivity contribution < 1.29 is 35.5 Å². The van der Waals surface area contributed by atoms with Crippen molar-refractivity contribution in [2.75, 3.05) is 43.8 Å². The SMILES string of the molecule is COc1cc(S(C)(=O)=O)ccc1NCC#Cc1cc2c(NC3CCOC[C@H]3F)cccc2n1CC(F)(F)F. The Kier molecular flexibility index (Phi) is 8.08. The molecule has 1 aliphatic heterocycles. The molecule has 0 radical (unpaired) electrons. The summed E-state index contributed by atoms with van der Waals surface area (Å²) in [6.45, 7) is -0.817. The van der Waals surface area contributed by atoms with Crippen LogP contribution in [0.25, 0.3) is 10.9 Å². The first-order chi connectivity index (χ1) is 18.0. The largest absolute Gasteiger partial charge is 0.495 e. The first-order valence-electron chi connectivity index (χ1n) is 11.7. The fourth-order valence-corrected chi connectivity index (χ4v) is 4.89. The highest BCUT2D eigenvalue weighted by Crippen LogP contribution is 2.32. The van der Waals surface area contributed by atoms with E-state index in [-0.39, 0.29) is 29.5 Å². The molecule has 12 heteroatoms. The first kappa shape index (κ1) is 27.6. The number of anilines is 2. The van der Waals surface area contributed by atoms with Crippen molar-refractivity contribution in [3.8, 4) is 17.6 Å². The van der Waals surface area contributed by atoms with Crippen molar-refractivity contribution in [1.29, 1.82) is 0 Å². The third-order valence-corrected chi connectivity index (χ3v) is 7.21. The normalized spacial score (nSPS) is 18.1. The van der Waals surface area contributed by atoms with Gasteiger partial charge in [-0.2, -0.15) is 13.2 Å². The van der Waals surface area contributed by atoms with Gasteiger partial charge in [0.05, 0.1) is 48.1 Å². The average molecular weight is 554 g/mol. The molecule has 1 unspecified atom stereocenters. The first-order valence-corrected chi connectivity index (χ1v) is 13.6. The predicted molar refractivity (Wildman–Crippen MR) is 137 cm³/mol. The number of methoxy groups -OCH3 is 1. The van der Waals surface area contributed by atoms with Crippen LogP contribution < -0.4 is 15.4 Å². The summed E-state index contributed by atoms with van der Waals surface area (Å²) in [6.07, 6.45) is -4.19. The Morgan fingerprint density at radius 2 is 1.97 bits per heavy atom. The Bertz CT molecular complexity index is 1480. The van der Waals surface area contributed by atoms with Gasteiger partial charge < -0.3 is 24.7 Å². The van der Waals surface area contributed by atoms with Gasteiger partial charge in [-0.1, -0.05) is 12.0 Å². The van der Waals surface area contributed by atoms with E-state index in [4.69, 9.17) is 9.47 Å². The van der Waals surface area contributed by atoms with Crippen LogP contribution in [0.1, 0.15) is 12.1 Å². The van der Waals surface area contributed by atoms with Crippen LogP contribution in [0.5, 0.6) is 5.75 Å². The van der Waals surface area contributed by atoms with Crippen LogP contribution in [0, 0.1) is 11.8 Å². The van der Waals surface area contributed by atoms with Crippen LogP contribution in [0.15, 0.2) is 47.4 Å². The van der Waals surface area contributed by atoms with Gasteiger partial charge in [-0.15, -0.1) is 0 Å². The molecule has 0 saturated carbocycles. The molecule has 2 N–H and O–H groups in total. The van der Waals surface area contributed by atoms with Gasteiger partial charge in [-0.25, -0.2) is 12.8 Å². The smallest absolute Gasteiger partial charge is 0.406 e. The van der Waals surface area contributed by atoms with E-state index in [1.165, 1.54) is 25.3 Å². The minimum absolute atomic E-state index is 0.0335. The topological polar surface area (TPSA) is 81.6 Å². The zero-order chi connectivity index (χ0) is 27.5.